The molecule has 4 nitrogen and oxygen atoms in total. The number of aliphatic hydroxyl groups excluding tert-OH is 1. The Morgan fingerprint density at radius 3 is 2.77 bits per heavy atom. The Morgan fingerprint density at radius 2 is 2.04 bits per heavy atom. The second kappa shape index (κ2) is 8.66. The predicted octanol–water partition coefficient (Wildman–Crippen LogP) is 4.35. The van der Waals surface area contributed by atoms with Crippen molar-refractivity contribution >= 4 is 44.7 Å². The first-order valence-corrected chi connectivity index (χ1v) is 10.0. The van der Waals surface area contributed by atoms with Crippen LogP contribution in [0.2, 0.25) is 0 Å². The van der Waals surface area contributed by atoms with Gasteiger partial charge in [-0.1, -0.05) is 70.2 Å². The van der Waals surface area contributed by atoms with E-state index in [-0.39, 0.29) is 12.1 Å². The molecule has 1 aromatic heterocycles. The van der Waals surface area contributed by atoms with E-state index in [1.54, 1.807) is 17.6 Å². The van der Waals surface area contributed by atoms with E-state index in [1.807, 2.05) is 54.6 Å². The smallest absolute Gasteiger partial charge is 0.262 e. The van der Waals surface area contributed by atoms with Crippen molar-refractivity contribution < 1.29 is 5.11 Å². The molecule has 3 rings (SSSR count). The van der Waals surface area contributed by atoms with Gasteiger partial charge in [-0.2, -0.15) is 0 Å². The van der Waals surface area contributed by atoms with Gasteiger partial charge in [0.25, 0.3) is 5.56 Å². The number of fused-ring (bicyclic) bond motifs is 1. The first-order valence-electron chi connectivity index (χ1n) is 8.27. The fourth-order valence-electron chi connectivity index (χ4n) is 2.58. The molecular formula is C20H19BrN2O2S. The molecule has 0 saturated heterocycles. The fourth-order valence-corrected chi connectivity index (χ4v) is 3.76. The van der Waals surface area contributed by atoms with Crippen LogP contribution in [0.5, 0.6) is 0 Å². The number of rotatable bonds is 6. The third-order valence-corrected chi connectivity index (χ3v) is 5.17. The van der Waals surface area contributed by atoms with E-state index in [0.717, 1.165) is 10.0 Å². The third-order valence-electron chi connectivity index (χ3n) is 3.75. The number of halogens is 1. The summed E-state index contributed by atoms with van der Waals surface area (Å²) >= 11 is 4.88. The molecule has 0 amide bonds. The van der Waals surface area contributed by atoms with E-state index < -0.39 is 6.10 Å². The average Bonchev–Trinajstić information content (AvgIpc) is 2.63. The number of aromatic nitrogens is 2. The summed E-state index contributed by atoms with van der Waals surface area (Å²) in [5.74, 6) is 0.684. The van der Waals surface area contributed by atoms with E-state index in [9.17, 15) is 9.90 Å². The molecule has 0 saturated carbocycles. The number of nitrogens with zero attached hydrogens (tertiary/aromatic N) is 2. The molecular weight excluding hydrogens is 412 g/mol. The summed E-state index contributed by atoms with van der Waals surface area (Å²) in [6, 6.07) is 15.5. The lowest BCUT2D eigenvalue weighted by Crippen LogP contribution is -2.27. The Balaban J connectivity index is 1.89. The van der Waals surface area contributed by atoms with Crippen molar-refractivity contribution in [2.24, 2.45) is 0 Å². The van der Waals surface area contributed by atoms with Crippen LogP contribution in [-0.2, 0) is 6.54 Å². The lowest BCUT2D eigenvalue weighted by Gasteiger charge is -2.14. The largest absolute Gasteiger partial charge is 0.392 e. The minimum Gasteiger partial charge on any atom is -0.392 e. The van der Waals surface area contributed by atoms with Crippen molar-refractivity contribution in [3.63, 3.8) is 0 Å². The van der Waals surface area contributed by atoms with Gasteiger partial charge >= 0.3 is 0 Å². The van der Waals surface area contributed by atoms with Gasteiger partial charge < -0.3 is 5.11 Å². The topological polar surface area (TPSA) is 55.1 Å². The molecule has 6 heteroatoms. The molecule has 1 unspecified atom stereocenters. The Labute approximate surface area is 164 Å². The molecule has 0 aliphatic carbocycles. The van der Waals surface area contributed by atoms with Gasteiger partial charge in [-0.15, -0.1) is 0 Å². The van der Waals surface area contributed by atoms with Crippen molar-refractivity contribution in [1.82, 2.24) is 9.55 Å². The minimum atomic E-state index is -0.627. The van der Waals surface area contributed by atoms with Crippen LogP contribution in [0, 0.1) is 0 Å². The van der Waals surface area contributed by atoms with Gasteiger partial charge in [-0.3, -0.25) is 9.36 Å². The summed E-state index contributed by atoms with van der Waals surface area (Å²) in [5, 5.41) is 10.9. The van der Waals surface area contributed by atoms with Gasteiger partial charge in [0.05, 0.1) is 23.6 Å². The molecule has 0 aliphatic rings. The first-order chi connectivity index (χ1) is 12.5. The van der Waals surface area contributed by atoms with Gasteiger partial charge in [-0.25, -0.2) is 4.98 Å². The highest BCUT2D eigenvalue weighted by Crippen LogP contribution is 2.21. The SMILES string of the molecule is CC(O)Cn1c(SCC=Cc2ccccc2)nc2ccc(Br)cc2c1=O. The lowest BCUT2D eigenvalue weighted by molar-refractivity contribution is 0.168. The molecule has 3 aromatic rings. The summed E-state index contributed by atoms with van der Waals surface area (Å²) < 4.78 is 2.39. The number of aliphatic hydroxyl groups is 1. The van der Waals surface area contributed by atoms with E-state index in [0.29, 0.717) is 21.8 Å². The molecule has 1 heterocycles. The third kappa shape index (κ3) is 4.63. The number of benzene rings is 2. The maximum Gasteiger partial charge on any atom is 0.262 e. The highest BCUT2D eigenvalue weighted by molar-refractivity contribution is 9.10. The molecule has 1 atom stereocenters. The number of hydrogen-bond acceptors (Lipinski definition) is 4. The van der Waals surface area contributed by atoms with Crippen LogP contribution in [0.15, 0.2) is 69.0 Å². The van der Waals surface area contributed by atoms with Crippen LogP contribution >= 0.6 is 27.7 Å². The van der Waals surface area contributed by atoms with Crippen molar-refractivity contribution in [2.45, 2.75) is 24.7 Å². The monoisotopic (exact) mass is 430 g/mol. The minimum absolute atomic E-state index is 0.133. The molecule has 0 spiro atoms. The quantitative estimate of drug-likeness (QED) is 0.466. The zero-order valence-electron chi connectivity index (χ0n) is 14.3. The van der Waals surface area contributed by atoms with E-state index in [4.69, 9.17) is 0 Å². The summed E-state index contributed by atoms with van der Waals surface area (Å²) in [5.41, 5.74) is 1.66. The zero-order chi connectivity index (χ0) is 18.5. The van der Waals surface area contributed by atoms with Crippen LogP contribution in [0.25, 0.3) is 17.0 Å². The molecule has 0 radical (unpaired) electrons. The average molecular weight is 431 g/mol. The van der Waals surface area contributed by atoms with Crippen molar-refractivity contribution in [2.75, 3.05) is 5.75 Å². The Kier molecular flexibility index (Phi) is 6.29. The van der Waals surface area contributed by atoms with Crippen LogP contribution in [-0.4, -0.2) is 26.5 Å². The molecule has 134 valence electrons. The van der Waals surface area contributed by atoms with Gasteiger partial charge in [-0.05, 0) is 30.7 Å². The Hall–Kier alpha value is -1.89. The zero-order valence-corrected chi connectivity index (χ0v) is 16.7. The highest BCUT2D eigenvalue weighted by Gasteiger charge is 2.13. The van der Waals surface area contributed by atoms with Crippen molar-refractivity contribution in [3.05, 3.63) is 75.0 Å². The standard InChI is InChI=1S/C20H19BrN2O2S/c1-14(24)13-23-19(25)17-12-16(21)9-10-18(17)22-20(23)26-11-5-8-15-6-3-2-4-7-15/h2-10,12,14,24H,11,13H2,1H3. The van der Waals surface area contributed by atoms with E-state index in [2.05, 4.69) is 20.9 Å². The molecule has 0 bridgehead atoms. The molecule has 1 N–H and O–H groups in total. The maximum atomic E-state index is 12.9. The summed E-state index contributed by atoms with van der Waals surface area (Å²) in [4.78, 5) is 17.5. The number of hydrogen-bond donors (Lipinski definition) is 1. The lowest BCUT2D eigenvalue weighted by atomic mass is 10.2. The van der Waals surface area contributed by atoms with Gasteiger partial charge in [0.1, 0.15) is 0 Å². The maximum absolute atomic E-state index is 12.9. The fraction of sp³-hybridized carbons (Fsp3) is 0.200. The van der Waals surface area contributed by atoms with E-state index in [1.165, 1.54) is 11.8 Å². The van der Waals surface area contributed by atoms with Crippen molar-refractivity contribution in [3.8, 4) is 0 Å². The van der Waals surface area contributed by atoms with Crippen LogP contribution in [0.3, 0.4) is 0 Å². The van der Waals surface area contributed by atoms with Gasteiger partial charge in [0.15, 0.2) is 5.16 Å². The van der Waals surface area contributed by atoms with E-state index >= 15 is 0 Å². The first kappa shape index (κ1) is 18.9. The van der Waals surface area contributed by atoms with Gasteiger partial charge in [0.2, 0.25) is 0 Å². The number of thioether (sulfide) groups is 1. The summed E-state index contributed by atoms with van der Waals surface area (Å²) in [6.07, 6.45) is 3.46. The summed E-state index contributed by atoms with van der Waals surface area (Å²) in [6.45, 7) is 1.89. The molecule has 0 fully saturated rings. The second-order valence-corrected chi connectivity index (χ2v) is 7.85. The predicted molar refractivity (Wildman–Crippen MR) is 112 cm³/mol. The Bertz CT molecular complexity index is 984. The molecule has 2 aromatic carbocycles. The molecule has 26 heavy (non-hydrogen) atoms. The molecule has 0 aliphatic heterocycles. The highest BCUT2D eigenvalue weighted by atomic mass is 79.9. The Morgan fingerprint density at radius 1 is 1.27 bits per heavy atom. The van der Waals surface area contributed by atoms with Crippen molar-refractivity contribution in [1.29, 1.82) is 0 Å². The summed E-state index contributed by atoms with van der Waals surface area (Å²) in [7, 11) is 0. The van der Waals surface area contributed by atoms with Gasteiger partial charge in [0, 0.05) is 10.2 Å². The van der Waals surface area contributed by atoms with Crippen LogP contribution in [0.4, 0.5) is 0 Å². The van der Waals surface area contributed by atoms with Crippen LogP contribution in [0.1, 0.15) is 12.5 Å². The second-order valence-electron chi connectivity index (χ2n) is 5.94. The normalized spacial score (nSPS) is 12.7. The van der Waals surface area contributed by atoms with Crippen LogP contribution < -0.4 is 5.56 Å².